The fourth-order valence-corrected chi connectivity index (χ4v) is 3.14. The van der Waals surface area contributed by atoms with Gasteiger partial charge in [0.05, 0.1) is 11.4 Å². The van der Waals surface area contributed by atoms with Crippen LogP contribution in [0, 0.1) is 13.8 Å². The van der Waals surface area contributed by atoms with Crippen molar-refractivity contribution in [1.82, 2.24) is 20.2 Å². The third-order valence-corrected chi connectivity index (χ3v) is 5.07. The van der Waals surface area contributed by atoms with Crippen LogP contribution in [0.5, 0.6) is 0 Å². The lowest BCUT2D eigenvalue weighted by Gasteiger charge is -2.08. The van der Waals surface area contributed by atoms with E-state index in [-0.39, 0.29) is 11.7 Å². The summed E-state index contributed by atoms with van der Waals surface area (Å²) in [7, 11) is 0. The number of hydrogen-bond donors (Lipinski definition) is 1. The van der Waals surface area contributed by atoms with Crippen molar-refractivity contribution in [2.24, 2.45) is 0 Å². The minimum absolute atomic E-state index is 0.0888. The summed E-state index contributed by atoms with van der Waals surface area (Å²) < 4.78 is 1.65. The van der Waals surface area contributed by atoms with Crippen LogP contribution >= 0.6 is 11.8 Å². The number of aromatic nitrogens is 4. The van der Waals surface area contributed by atoms with E-state index in [0.29, 0.717) is 5.16 Å². The van der Waals surface area contributed by atoms with Crippen molar-refractivity contribution >= 4 is 23.4 Å². The van der Waals surface area contributed by atoms with Crippen molar-refractivity contribution in [1.29, 1.82) is 0 Å². The number of nitrogens with one attached hydrogen (secondary N) is 1. The maximum Gasteiger partial charge on any atom is 0.234 e. The highest BCUT2D eigenvalue weighted by Crippen LogP contribution is 2.20. The average Bonchev–Trinajstić information content (AvgIpc) is 3.12. The van der Waals surface area contributed by atoms with Crippen molar-refractivity contribution in [3.63, 3.8) is 0 Å². The van der Waals surface area contributed by atoms with E-state index < -0.39 is 0 Å². The molecule has 0 saturated heterocycles. The van der Waals surface area contributed by atoms with Crippen molar-refractivity contribution in [2.75, 3.05) is 11.1 Å². The number of aryl methyl sites for hydroxylation is 3. The summed E-state index contributed by atoms with van der Waals surface area (Å²) in [5, 5.41) is 15.3. The Morgan fingerprint density at radius 2 is 1.88 bits per heavy atom. The van der Waals surface area contributed by atoms with Gasteiger partial charge in [-0.05, 0) is 71.7 Å². The van der Waals surface area contributed by atoms with Gasteiger partial charge in [0.25, 0.3) is 0 Å². The maximum absolute atomic E-state index is 12.2. The summed E-state index contributed by atoms with van der Waals surface area (Å²) >= 11 is 1.31. The Hall–Kier alpha value is -2.67. The normalized spacial score (nSPS) is 10.7. The second kappa shape index (κ2) is 8.14. The largest absolute Gasteiger partial charge is 0.325 e. The Morgan fingerprint density at radius 3 is 2.58 bits per heavy atom. The second-order valence-electron chi connectivity index (χ2n) is 6.03. The summed E-state index contributed by atoms with van der Waals surface area (Å²) in [5.74, 6) is 0.148. The molecule has 134 valence electrons. The van der Waals surface area contributed by atoms with Crippen LogP contribution < -0.4 is 5.32 Å². The molecule has 3 aromatic rings. The van der Waals surface area contributed by atoms with Gasteiger partial charge in [-0.25, -0.2) is 0 Å². The Labute approximate surface area is 157 Å². The molecule has 7 heteroatoms. The highest BCUT2D eigenvalue weighted by Gasteiger charge is 2.12. The van der Waals surface area contributed by atoms with Gasteiger partial charge in [-0.1, -0.05) is 36.9 Å². The molecule has 2 aromatic carbocycles. The van der Waals surface area contributed by atoms with E-state index in [4.69, 9.17) is 0 Å². The Bertz CT molecular complexity index is 905. The first-order chi connectivity index (χ1) is 12.6. The number of tetrazole rings is 1. The van der Waals surface area contributed by atoms with E-state index in [1.807, 2.05) is 44.2 Å². The molecule has 1 aromatic heterocycles. The van der Waals surface area contributed by atoms with Crippen LogP contribution in [0.1, 0.15) is 23.6 Å². The number of rotatable bonds is 6. The van der Waals surface area contributed by atoms with Gasteiger partial charge in [-0.15, -0.1) is 5.10 Å². The Balaban J connectivity index is 1.63. The van der Waals surface area contributed by atoms with E-state index in [1.165, 1.54) is 22.9 Å². The summed E-state index contributed by atoms with van der Waals surface area (Å²) in [6.07, 6.45) is 0.982. The van der Waals surface area contributed by atoms with E-state index in [1.54, 1.807) is 4.68 Å². The average molecular weight is 367 g/mol. The molecule has 0 radical (unpaired) electrons. The molecule has 0 saturated carbocycles. The molecule has 0 fully saturated rings. The van der Waals surface area contributed by atoms with Gasteiger partial charge in [-0.3, -0.25) is 4.79 Å². The summed E-state index contributed by atoms with van der Waals surface area (Å²) in [6.45, 7) is 6.18. The molecule has 6 nitrogen and oxygen atoms in total. The van der Waals surface area contributed by atoms with Gasteiger partial charge in [0.1, 0.15) is 0 Å². The van der Waals surface area contributed by atoms with Gasteiger partial charge < -0.3 is 5.32 Å². The molecule has 0 aliphatic rings. The zero-order chi connectivity index (χ0) is 18.5. The number of carbonyl (C=O) groups excluding carboxylic acids is 1. The Morgan fingerprint density at radius 1 is 1.12 bits per heavy atom. The molecule has 0 aliphatic carbocycles. The van der Waals surface area contributed by atoms with Gasteiger partial charge in [-0.2, -0.15) is 4.68 Å². The van der Waals surface area contributed by atoms with Crippen LogP contribution in [0.2, 0.25) is 0 Å². The fourth-order valence-electron chi connectivity index (χ4n) is 2.45. The minimum Gasteiger partial charge on any atom is -0.325 e. The van der Waals surface area contributed by atoms with Crippen molar-refractivity contribution in [3.8, 4) is 5.69 Å². The summed E-state index contributed by atoms with van der Waals surface area (Å²) in [4.78, 5) is 12.2. The van der Waals surface area contributed by atoms with Crippen LogP contribution in [0.25, 0.3) is 5.69 Å². The van der Waals surface area contributed by atoms with Crippen LogP contribution in [-0.4, -0.2) is 31.9 Å². The van der Waals surface area contributed by atoms with Crippen molar-refractivity contribution in [3.05, 3.63) is 59.2 Å². The topological polar surface area (TPSA) is 72.7 Å². The molecule has 26 heavy (non-hydrogen) atoms. The first-order valence-corrected chi connectivity index (χ1v) is 9.43. The number of thioether (sulfide) groups is 1. The number of carbonyl (C=O) groups is 1. The monoisotopic (exact) mass is 367 g/mol. The first kappa shape index (κ1) is 18.1. The number of benzene rings is 2. The predicted molar refractivity (Wildman–Crippen MR) is 104 cm³/mol. The zero-order valence-corrected chi connectivity index (χ0v) is 15.9. The third-order valence-electron chi connectivity index (χ3n) is 4.15. The number of nitrogens with zero attached hydrogens (tertiary/aromatic N) is 4. The smallest absolute Gasteiger partial charge is 0.234 e. The van der Waals surface area contributed by atoms with Gasteiger partial charge in [0.15, 0.2) is 0 Å². The van der Waals surface area contributed by atoms with E-state index >= 15 is 0 Å². The molecular weight excluding hydrogens is 346 g/mol. The van der Waals surface area contributed by atoms with Crippen LogP contribution in [-0.2, 0) is 11.2 Å². The van der Waals surface area contributed by atoms with E-state index in [9.17, 15) is 4.79 Å². The molecule has 0 aliphatic heterocycles. The van der Waals surface area contributed by atoms with Crippen molar-refractivity contribution < 1.29 is 4.79 Å². The molecule has 0 spiro atoms. The standard InChI is InChI=1S/C19H21N5OS/c1-4-15-6-9-17(10-7-15)24-19(21-22-23-24)26-12-18(25)20-16-8-5-13(2)14(3)11-16/h5-11H,4,12H2,1-3H3,(H,20,25). The molecule has 1 amide bonds. The van der Waals surface area contributed by atoms with E-state index in [2.05, 4.69) is 39.9 Å². The third kappa shape index (κ3) is 4.29. The Kier molecular flexibility index (Phi) is 5.68. The molecular formula is C19H21N5OS. The molecule has 0 bridgehead atoms. The second-order valence-corrected chi connectivity index (χ2v) is 6.97. The van der Waals surface area contributed by atoms with Gasteiger partial charge in [0.2, 0.25) is 11.1 Å². The maximum atomic E-state index is 12.2. The number of anilines is 1. The van der Waals surface area contributed by atoms with Crippen LogP contribution in [0.4, 0.5) is 5.69 Å². The SMILES string of the molecule is CCc1ccc(-n2nnnc2SCC(=O)Nc2ccc(C)c(C)c2)cc1. The first-order valence-electron chi connectivity index (χ1n) is 8.44. The zero-order valence-electron chi connectivity index (χ0n) is 15.1. The lowest BCUT2D eigenvalue weighted by Crippen LogP contribution is -2.14. The quantitative estimate of drug-likeness (QED) is 0.674. The molecule has 1 N–H and O–H groups in total. The lowest BCUT2D eigenvalue weighted by molar-refractivity contribution is -0.113. The van der Waals surface area contributed by atoms with Crippen LogP contribution in [0.15, 0.2) is 47.6 Å². The predicted octanol–water partition coefficient (Wildman–Crippen LogP) is 3.57. The summed E-state index contributed by atoms with van der Waals surface area (Å²) in [5.41, 5.74) is 5.28. The molecule has 0 unspecified atom stereocenters. The number of hydrogen-bond acceptors (Lipinski definition) is 5. The van der Waals surface area contributed by atoms with E-state index in [0.717, 1.165) is 23.4 Å². The molecule has 0 atom stereocenters. The fraction of sp³-hybridized carbons (Fsp3) is 0.263. The van der Waals surface area contributed by atoms with Gasteiger partial charge >= 0.3 is 0 Å². The highest BCUT2D eigenvalue weighted by molar-refractivity contribution is 7.99. The van der Waals surface area contributed by atoms with Gasteiger partial charge in [0, 0.05) is 5.69 Å². The minimum atomic E-state index is -0.0888. The number of amides is 1. The lowest BCUT2D eigenvalue weighted by atomic mass is 10.1. The summed E-state index contributed by atoms with van der Waals surface area (Å²) in [6, 6.07) is 13.9. The molecule has 3 rings (SSSR count). The molecule has 1 heterocycles. The van der Waals surface area contributed by atoms with Crippen LogP contribution in [0.3, 0.4) is 0 Å². The highest BCUT2D eigenvalue weighted by atomic mass is 32.2. The van der Waals surface area contributed by atoms with Crippen molar-refractivity contribution in [2.45, 2.75) is 32.3 Å².